The molecule has 1 atom stereocenters. The van der Waals surface area contributed by atoms with Crippen LogP contribution in [0, 0.1) is 28.9 Å². The maximum atomic E-state index is 13.1. The standard InChI is InChI=1S/C15H19F2N3O3S/c1-3-20(10-11(2)9-18)15(21)6-7-19-24(22,23)12-4-5-13(16)14(17)8-12/h4-5,8,11,19H,3,6-7,10H2,1-2H3. The van der Waals surface area contributed by atoms with Gasteiger partial charge in [-0.25, -0.2) is 21.9 Å². The number of hydrogen-bond acceptors (Lipinski definition) is 4. The summed E-state index contributed by atoms with van der Waals surface area (Å²) in [5.41, 5.74) is 0. The van der Waals surface area contributed by atoms with Crippen molar-refractivity contribution >= 4 is 15.9 Å². The Morgan fingerprint density at radius 3 is 2.58 bits per heavy atom. The third-order valence-electron chi connectivity index (χ3n) is 3.28. The molecule has 1 aromatic rings. The van der Waals surface area contributed by atoms with E-state index >= 15 is 0 Å². The number of amides is 1. The number of nitrogens with one attached hydrogen (secondary N) is 1. The van der Waals surface area contributed by atoms with Gasteiger partial charge in [-0.3, -0.25) is 4.79 Å². The Morgan fingerprint density at radius 1 is 1.38 bits per heavy atom. The monoisotopic (exact) mass is 359 g/mol. The third-order valence-corrected chi connectivity index (χ3v) is 4.74. The Bertz CT molecular complexity index is 732. The fraction of sp³-hybridized carbons (Fsp3) is 0.467. The SMILES string of the molecule is CCN(CC(C)C#N)C(=O)CCNS(=O)(=O)c1ccc(F)c(F)c1. The van der Waals surface area contributed by atoms with Crippen LogP contribution in [0.5, 0.6) is 0 Å². The molecular weight excluding hydrogens is 340 g/mol. The number of carbonyl (C=O) groups excluding carboxylic acids is 1. The van der Waals surface area contributed by atoms with Crippen LogP contribution in [0.1, 0.15) is 20.3 Å². The molecule has 0 aliphatic carbocycles. The normalized spacial score (nSPS) is 12.5. The molecule has 0 aliphatic rings. The van der Waals surface area contributed by atoms with E-state index in [0.29, 0.717) is 12.6 Å². The summed E-state index contributed by atoms with van der Waals surface area (Å²) in [5.74, 6) is -3.04. The van der Waals surface area contributed by atoms with Gasteiger partial charge < -0.3 is 4.90 Å². The molecule has 1 amide bonds. The lowest BCUT2D eigenvalue weighted by Crippen LogP contribution is -2.36. The summed E-state index contributed by atoms with van der Waals surface area (Å²) in [6.45, 7) is 3.93. The van der Waals surface area contributed by atoms with Crippen molar-refractivity contribution in [2.24, 2.45) is 5.92 Å². The van der Waals surface area contributed by atoms with Crippen molar-refractivity contribution in [1.29, 1.82) is 5.26 Å². The average molecular weight is 359 g/mol. The maximum absolute atomic E-state index is 13.1. The van der Waals surface area contributed by atoms with Gasteiger partial charge in [0.2, 0.25) is 15.9 Å². The van der Waals surface area contributed by atoms with Crippen LogP contribution in [0.25, 0.3) is 0 Å². The number of sulfonamides is 1. The Labute approximate surface area is 140 Å². The molecule has 0 fully saturated rings. The molecule has 132 valence electrons. The minimum Gasteiger partial charge on any atom is -0.342 e. The van der Waals surface area contributed by atoms with E-state index in [-0.39, 0.29) is 31.3 Å². The van der Waals surface area contributed by atoms with Crippen LogP contribution < -0.4 is 4.72 Å². The zero-order valence-electron chi connectivity index (χ0n) is 13.4. The number of carbonyl (C=O) groups is 1. The molecule has 1 aromatic carbocycles. The summed E-state index contributed by atoms with van der Waals surface area (Å²) < 4.78 is 52.1. The van der Waals surface area contributed by atoms with Crippen LogP contribution in [-0.4, -0.2) is 38.9 Å². The van der Waals surface area contributed by atoms with Gasteiger partial charge in [-0.15, -0.1) is 0 Å². The number of benzene rings is 1. The highest BCUT2D eigenvalue weighted by Gasteiger charge is 2.18. The molecule has 0 aromatic heterocycles. The van der Waals surface area contributed by atoms with Crippen molar-refractivity contribution < 1.29 is 22.0 Å². The zero-order valence-corrected chi connectivity index (χ0v) is 14.2. The summed E-state index contributed by atoms with van der Waals surface area (Å²) >= 11 is 0. The summed E-state index contributed by atoms with van der Waals surface area (Å²) in [6, 6.07) is 4.26. The first-order valence-electron chi connectivity index (χ1n) is 7.33. The fourth-order valence-electron chi connectivity index (χ4n) is 1.96. The molecule has 0 radical (unpaired) electrons. The number of hydrogen-bond donors (Lipinski definition) is 1. The summed E-state index contributed by atoms with van der Waals surface area (Å²) in [5, 5.41) is 8.77. The van der Waals surface area contributed by atoms with Gasteiger partial charge in [0, 0.05) is 26.1 Å². The Kier molecular flexibility index (Phi) is 7.25. The van der Waals surface area contributed by atoms with Gasteiger partial charge in [0.1, 0.15) is 0 Å². The van der Waals surface area contributed by atoms with Gasteiger partial charge in [-0.2, -0.15) is 5.26 Å². The molecular formula is C15H19F2N3O3S. The van der Waals surface area contributed by atoms with E-state index in [1.54, 1.807) is 13.8 Å². The molecule has 0 heterocycles. The smallest absolute Gasteiger partial charge is 0.240 e. The second-order valence-electron chi connectivity index (χ2n) is 5.19. The van der Waals surface area contributed by atoms with E-state index in [9.17, 15) is 22.0 Å². The Hall–Kier alpha value is -2.05. The number of nitriles is 1. The predicted molar refractivity (Wildman–Crippen MR) is 83.2 cm³/mol. The van der Waals surface area contributed by atoms with Crippen molar-refractivity contribution in [2.45, 2.75) is 25.2 Å². The molecule has 1 N–H and O–H groups in total. The van der Waals surface area contributed by atoms with Crippen LogP contribution in [0.15, 0.2) is 23.1 Å². The van der Waals surface area contributed by atoms with E-state index < -0.39 is 26.6 Å². The van der Waals surface area contributed by atoms with E-state index in [4.69, 9.17) is 5.26 Å². The molecule has 6 nitrogen and oxygen atoms in total. The lowest BCUT2D eigenvalue weighted by molar-refractivity contribution is -0.131. The number of halogens is 2. The van der Waals surface area contributed by atoms with E-state index in [0.717, 1.165) is 12.1 Å². The molecule has 24 heavy (non-hydrogen) atoms. The third kappa shape index (κ3) is 5.54. The van der Waals surface area contributed by atoms with Crippen LogP contribution in [0.3, 0.4) is 0 Å². The number of nitrogens with zero attached hydrogens (tertiary/aromatic N) is 2. The second-order valence-corrected chi connectivity index (χ2v) is 6.95. The molecule has 0 bridgehead atoms. The highest BCUT2D eigenvalue weighted by atomic mass is 32.2. The summed E-state index contributed by atoms with van der Waals surface area (Å²) in [4.78, 5) is 13.1. The van der Waals surface area contributed by atoms with Crippen molar-refractivity contribution in [3.63, 3.8) is 0 Å². The minimum absolute atomic E-state index is 0.102. The summed E-state index contributed by atoms with van der Waals surface area (Å²) in [6.07, 6.45) is -0.102. The van der Waals surface area contributed by atoms with Gasteiger partial charge >= 0.3 is 0 Å². The molecule has 1 unspecified atom stereocenters. The Morgan fingerprint density at radius 2 is 2.04 bits per heavy atom. The van der Waals surface area contributed by atoms with Crippen LogP contribution in [-0.2, 0) is 14.8 Å². The first-order chi connectivity index (χ1) is 11.2. The Balaban J connectivity index is 2.63. The van der Waals surface area contributed by atoms with Crippen LogP contribution >= 0.6 is 0 Å². The lowest BCUT2D eigenvalue weighted by Gasteiger charge is -2.22. The van der Waals surface area contributed by atoms with Crippen molar-refractivity contribution in [3.8, 4) is 6.07 Å². The van der Waals surface area contributed by atoms with Crippen molar-refractivity contribution in [2.75, 3.05) is 19.6 Å². The first kappa shape index (κ1) is 20.0. The molecule has 0 saturated carbocycles. The molecule has 0 spiro atoms. The number of rotatable bonds is 8. The van der Waals surface area contributed by atoms with E-state index in [2.05, 4.69) is 4.72 Å². The zero-order chi connectivity index (χ0) is 18.3. The molecule has 9 heteroatoms. The van der Waals surface area contributed by atoms with Crippen LogP contribution in [0.4, 0.5) is 8.78 Å². The lowest BCUT2D eigenvalue weighted by atomic mass is 10.2. The van der Waals surface area contributed by atoms with Crippen molar-refractivity contribution in [3.05, 3.63) is 29.8 Å². The average Bonchev–Trinajstić information content (AvgIpc) is 2.54. The molecule has 0 aliphatic heterocycles. The quantitative estimate of drug-likeness (QED) is 0.764. The van der Waals surface area contributed by atoms with Gasteiger partial charge in [-0.1, -0.05) is 0 Å². The van der Waals surface area contributed by atoms with Crippen molar-refractivity contribution in [1.82, 2.24) is 9.62 Å². The van der Waals surface area contributed by atoms with Crippen LogP contribution in [0.2, 0.25) is 0 Å². The van der Waals surface area contributed by atoms with E-state index in [1.165, 1.54) is 4.90 Å². The van der Waals surface area contributed by atoms with Gasteiger partial charge in [0.05, 0.1) is 16.9 Å². The predicted octanol–water partition coefficient (Wildman–Crippen LogP) is 1.64. The highest BCUT2D eigenvalue weighted by Crippen LogP contribution is 2.13. The van der Waals surface area contributed by atoms with Gasteiger partial charge in [-0.05, 0) is 32.0 Å². The summed E-state index contributed by atoms with van der Waals surface area (Å²) in [7, 11) is -4.04. The molecule has 0 saturated heterocycles. The fourth-order valence-corrected chi connectivity index (χ4v) is 3.00. The first-order valence-corrected chi connectivity index (χ1v) is 8.81. The molecule has 1 rings (SSSR count). The highest BCUT2D eigenvalue weighted by molar-refractivity contribution is 7.89. The van der Waals surface area contributed by atoms with Gasteiger partial charge in [0.25, 0.3) is 0 Å². The minimum atomic E-state index is -4.04. The topological polar surface area (TPSA) is 90.3 Å². The van der Waals surface area contributed by atoms with E-state index in [1.807, 2.05) is 6.07 Å². The second kappa shape index (κ2) is 8.70. The maximum Gasteiger partial charge on any atom is 0.240 e. The van der Waals surface area contributed by atoms with Gasteiger partial charge in [0.15, 0.2) is 11.6 Å². The largest absolute Gasteiger partial charge is 0.342 e.